The van der Waals surface area contributed by atoms with Gasteiger partial charge in [0.1, 0.15) is 28.1 Å². The highest BCUT2D eigenvalue weighted by Gasteiger charge is 2.21. The van der Waals surface area contributed by atoms with E-state index in [-0.39, 0.29) is 44.6 Å². The standard InChI is InChI=1S/C25H28O6/c1-14(2)7-6-8-15(3)9-10-17-22-21(13-19(27)25(17)30-5)31-20-12-16(29-4)11-18(26)23(20)24(22)28/h7,9,11-13,26-27H,6,8,10H2,1-5H3/b15-9+. The molecule has 0 spiro atoms. The summed E-state index contributed by atoms with van der Waals surface area (Å²) in [7, 11) is 2.90. The molecule has 6 heteroatoms. The molecule has 0 radical (unpaired) electrons. The number of phenolic OH excluding ortho intramolecular Hbond substituents is 2. The molecule has 2 aromatic carbocycles. The second-order valence-corrected chi connectivity index (χ2v) is 7.81. The predicted molar refractivity (Wildman–Crippen MR) is 123 cm³/mol. The summed E-state index contributed by atoms with van der Waals surface area (Å²) in [6.07, 6.45) is 6.40. The number of fused-ring (bicyclic) bond motifs is 2. The second-order valence-electron chi connectivity index (χ2n) is 7.81. The molecule has 0 fully saturated rings. The summed E-state index contributed by atoms with van der Waals surface area (Å²) in [5.41, 5.74) is 2.96. The van der Waals surface area contributed by atoms with Crippen LogP contribution < -0.4 is 14.9 Å². The van der Waals surface area contributed by atoms with E-state index >= 15 is 0 Å². The number of phenols is 2. The normalized spacial score (nSPS) is 11.7. The summed E-state index contributed by atoms with van der Waals surface area (Å²) in [5, 5.41) is 21.2. The lowest BCUT2D eigenvalue weighted by molar-refractivity contribution is 0.370. The van der Waals surface area contributed by atoms with Crippen LogP contribution in [0.4, 0.5) is 0 Å². The van der Waals surface area contributed by atoms with Crippen LogP contribution in [0.5, 0.6) is 23.0 Å². The van der Waals surface area contributed by atoms with Crippen LogP contribution in [0.2, 0.25) is 0 Å². The van der Waals surface area contributed by atoms with Crippen LogP contribution in [-0.2, 0) is 6.42 Å². The van der Waals surface area contributed by atoms with Gasteiger partial charge >= 0.3 is 0 Å². The number of aromatic hydroxyl groups is 2. The van der Waals surface area contributed by atoms with Crippen molar-refractivity contribution in [2.24, 2.45) is 0 Å². The third-order valence-electron chi connectivity index (χ3n) is 5.24. The molecule has 0 unspecified atom stereocenters. The van der Waals surface area contributed by atoms with Crippen LogP contribution in [0.3, 0.4) is 0 Å². The number of hydrogen-bond acceptors (Lipinski definition) is 6. The third-order valence-corrected chi connectivity index (χ3v) is 5.24. The molecule has 0 aliphatic rings. The SMILES string of the molecule is COc1cc(O)c2c(=O)c3c(C/C=C(\C)CCC=C(C)C)c(OC)c(O)cc3oc2c1. The van der Waals surface area contributed by atoms with Gasteiger partial charge in [0.2, 0.25) is 5.43 Å². The van der Waals surface area contributed by atoms with Crippen LogP contribution in [0, 0.1) is 0 Å². The van der Waals surface area contributed by atoms with Crippen molar-refractivity contribution in [3.63, 3.8) is 0 Å². The van der Waals surface area contributed by atoms with Crippen molar-refractivity contribution >= 4 is 21.9 Å². The molecule has 0 amide bonds. The Kier molecular flexibility index (Phi) is 6.59. The molecule has 0 atom stereocenters. The zero-order valence-electron chi connectivity index (χ0n) is 18.5. The fraction of sp³-hybridized carbons (Fsp3) is 0.320. The molecule has 1 heterocycles. The molecule has 1 aromatic heterocycles. The van der Waals surface area contributed by atoms with Gasteiger partial charge in [-0.25, -0.2) is 0 Å². The molecular weight excluding hydrogens is 396 g/mol. The number of methoxy groups -OCH3 is 2. The largest absolute Gasteiger partial charge is 0.507 e. The van der Waals surface area contributed by atoms with Crippen molar-refractivity contribution in [2.45, 2.75) is 40.0 Å². The maximum atomic E-state index is 13.4. The minimum atomic E-state index is -0.389. The number of ether oxygens (including phenoxy) is 2. The first-order valence-electron chi connectivity index (χ1n) is 10.1. The summed E-state index contributed by atoms with van der Waals surface area (Å²) < 4.78 is 16.4. The van der Waals surface area contributed by atoms with Gasteiger partial charge in [-0.15, -0.1) is 0 Å². The van der Waals surface area contributed by atoms with Crippen molar-refractivity contribution in [1.29, 1.82) is 0 Å². The van der Waals surface area contributed by atoms with E-state index in [0.29, 0.717) is 17.7 Å². The lowest BCUT2D eigenvalue weighted by Crippen LogP contribution is -2.07. The number of allylic oxidation sites excluding steroid dienone is 4. The summed E-state index contributed by atoms with van der Waals surface area (Å²) in [6.45, 7) is 6.17. The van der Waals surface area contributed by atoms with Gasteiger partial charge < -0.3 is 24.1 Å². The zero-order chi connectivity index (χ0) is 22.7. The zero-order valence-corrected chi connectivity index (χ0v) is 18.5. The van der Waals surface area contributed by atoms with Crippen LogP contribution in [0.15, 0.2) is 50.7 Å². The third kappa shape index (κ3) is 4.53. The van der Waals surface area contributed by atoms with Crippen LogP contribution in [-0.4, -0.2) is 24.4 Å². The number of benzene rings is 2. The van der Waals surface area contributed by atoms with E-state index in [2.05, 4.69) is 19.9 Å². The second kappa shape index (κ2) is 9.16. The average Bonchev–Trinajstić information content (AvgIpc) is 2.70. The summed E-state index contributed by atoms with van der Waals surface area (Å²) >= 11 is 0. The molecule has 3 rings (SSSR count). The Bertz CT molecular complexity index is 1240. The highest BCUT2D eigenvalue weighted by Crippen LogP contribution is 2.39. The van der Waals surface area contributed by atoms with Crippen molar-refractivity contribution in [2.75, 3.05) is 14.2 Å². The van der Waals surface area contributed by atoms with E-state index in [1.165, 1.54) is 38.0 Å². The van der Waals surface area contributed by atoms with Gasteiger partial charge in [-0.05, 0) is 40.0 Å². The Balaban J connectivity index is 2.20. The average molecular weight is 424 g/mol. The lowest BCUT2D eigenvalue weighted by atomic mass is 9.99. The molecule has 0 saturated heterocycles. The fourth-order valence-corrected chi connectivity index (χ4v) is 3.64. The van der Waals surface area contributed by atoms with Gasteiger partial charge in [0, 0.05) is 23.8 Å². The molecule has 164 valence electrons. The van der Waals surface area contributed by atoms with Gasteiger partial charge in [-0.3, -0.25) is 4.79 Å². The first kappa shape index (κ1) is 22.3. The molecule has 3 aromatic rings. The van der Waals surface area contributed by atoms with E-state index in [4.69, 9.17) is 13.9 Å². The highest BCUT2D eigenvalue weighted by atomic mass is 16.5. The lowest BCUT2D eigenvalue weighted by Gasteiger charge is -2.13. The molecule has 0 aliphatic carbocycles. The van der Waals surface area contributed by atoms with E-state index < -0.39 is 0 Å². The quantitative estimate of drug-likeness (QED) is 0.379. The molecular formula is C25H28O6. The maximum Gasteiger partial charge on any atom is 0.204 e. The summed E-state index contributed by atoms with van der Waals surface area (Å²) in [4.78, 5) is 13.4. The van der Waals surface area contributed by atoms with Crippen molar-refractivity contribution in [3.05, 3.63) is 57.3 Å². The Morgan fingerprint density at radius 3 is 2.32 bits per heavy atom. The van der Waals surface area contributed by atoms with Crippen LogP contribution in [0.25, 0.3) is 21.9 Å². The molecule has 2 N–H and O–H groups in total. The summed E-state index contributed by atoms with van der Waals surface area (Å²) in [5.74, 6) is 0.243. The monoisotopic (exact) mass is 424 g/mol. The Hall–Kier alpha value is -3.41. The van der Waals surface area contributed by atoms with Crippen LogP contribution >= 0.6 is 0 Å². The van der Waals surface area contributed by atoms with Gasteiger partial charge in [0.15, 0.2) is 11.5 Å². The van der Waals surface area contributed by atoms with E-state index in [1.54, 1.807) is 0 Å². The topological polar surface area (TPSA) is 89.1 Å². The van der Waals surface area contributed by atoms with Gasteiger partial charge in [-0.1, -0.05) is 23.3 Å². The first-order valence-corrected chi connectivity index (χ1v) is 10.1. The van der Waals surface area contributed by atoms with Gasteiger partial charge in [0.25, 0.3) is 0 Å². The smallest absolute Gasteiger partial charge is 0.204 e. The Morgan fingerprint density at radius 1 is 0.968 bits per heavy atom. The molecule has 0 bridgehead atoms. The van der Waals surface area contributed by atoms with Crippen LogP contribution in [0.1, 0.15) is 39.2 Å². The fourth-order valence-electron chi connectivity index (χ4n) is 3.64. The van der Waals surface area contributed by atoms with Crippen molar-refractivity contribution < 1.29 is 24.1 Å². The molecule has 6 nitrogen and oxygen atoms in total. The Labute approximate surface area is 181 Å². The minimum Gasteiger partial charge on any atom is -0.507 e. The Morgan fingerprint density at radius 2 is 1.68 bits per heavy atom. The van der Waals surface area contributed by atoms with Gasteiger partial charge in [0.05, 0.1) is 19.6 Å². The van der Waals surface area contributed by atoms with E-state index in [9.17, 15) is 15.0 Å². The van der Waals surface area contributed by atoms with Crippen molar-refractivity contribution in [1.82, 2.24) is 0 Å². The molecule has 0 saturated carbocycles. The van der Waals surface area contributed by atoms with E-state index in [1.807, 2.05) is 13.0 Å². The van der Waals surface area contributed by atoms with Crippen molar-refractivity contribution in [3.8, 4) is 23.0 Å². The van der Waals surface area contributed by atoms with Gasteiger partial charge in [-0.2, -0.15) is 0 Å². The number of hydrogen-bond donors (Lipinski definition) is 2. The molecule has 31 heavy (non-hydrogen) atoms. The number of rotatable bonds is 7. The van der Waals surface area contributed by atoms with E-state index in [0.717, 1.165) is 18.4 Å². The maximum absolute atomic E-state index is 13.4. The summed E-state index contributed by atoms with van der Waals surface area (Å²) in [6, 6.07) is 4.26. The highest BCUT2D eigenvalue weighted by molar-refractivity contribution is 5.97. The predicted octanol–water partition coefficient (Wildman–Crippen LogP) is 5.61. The molecule has 0 aliphatic heterocycles. The minimum absolute atomic E-state index is 0.0616. The first-order chi connectivity index (χ1) is 14.8.